The number of nitrogens with zero attached hydrogens (tertiary/aromatic N) is 2. The van der Waals surface area contributed by atoms with Gasteiger partial charge in [0.25, 0.3) is 0 Å². The molecular weight excluding hydrogens is 244 g/mol. The van der Waals surface area contributed by atoms with Crippen molar-refractivity contribution in [2.75, 3.05) is 6.61 Å². The van der Waals surface area contributed by atoms with Crippen molar-refractivity contribution in [3.63, 3.8) is 0 Å². The molecule has 0 spiro atoms. The number of aromatic nitrogens is 2. The summed E-state index contributed by atoms with van der Waals surface area (Å²) < 4.78 is 11.0. The molecule has 1 aliphatic rings. The van der Waals surface area contributed by atoms with E-state index < -0.39 is 5.60 Å². The predicted molar refractivity (Wildman–Crippen MR) is 69.6 cm³/mol. The average molecular weight is 266 g/mol. The van der Waals surface area contributed by atoms with Crippen LogP contribution in [0.5, 0.6) is 0 Å². The van der Waals surface area contributed by atoms with Gasteiger partial charge in [0.15, 0.2) is 0 Å². The van der Waals surface area contributed by atoms with E-state index in [1.54, 1.807) is 0 Å². The van der Waals surface area contributed by atoms with Crippen LogP contribution < -0.4 is 0 Å². The maximum absolute atomic E-state index is 11.7. The van der Waals surface area contributed by atoms with Gasteiger partial charge in [-0.25, -0.2) is 0 Å². The normalized spacial score (nSPS) is 15.7. The average Bonchev–Trinajstić information content (AvgIpc) is 3.17. The molecule has 0 aliphatic heterocycles. The zero-order chi connectivity index (χ0) is 13.9. The van der Waals surface area contributed by atoms with Gasteiger partial charge in [0.2, 0.25) is 11.7 Å². The van der Waals surface area contributed by atoms with E-state index in [2.05, 4.69) is 10.1 Å². The Hall–Kier alpha value is -1.23. The van der Waals surface area contributed by atoms with E-state index in [1.165, 1.54) is 0 Å². The Morgan fingerprint density at radius 3 is 2.58 bits per heavy atom. The molecule has 5 heteroatoms. The molecule has 1 aromatic heterocycles. The van der Waals surface area contributed by atoms with Crippen molar-refractivity contribution >= 4 is 5.78 Å². The highest BCUT2D eigenvalue weighted by Crippen LogP contribution is 2.32. The van der Waals surface area contributed by atoms with Gasteiger partial charge in [-0.15, -0.1) is 0 Å². The van der Waals surface area contributed by atoms with Gasteiger partial charge >= 0.3 is 0 Å². The van der Waals surface area contributed by atoms with Crippen molar-refractivity contribution < 1.29 is 14.1 Å². The van der Waals surface area contributed by atoms with Crippen LogP contribution in [-0.2, 0) is 21.6 Å². The predicted octanol–water partition coefficient (Wildman–Crippen LogP) is 2.64. The maximum atomic E-state index is 11.7. The second-order valence-corrected chi connectivity index (χ2v) is 5.06. The van der Waals surface area contributed by atoms with E-state index in [0.717, 1.165) is 25.7 Å². The van der Waals surface area contributed by atoms with Crippen molar-refractivity contribution in [1.29, 1.82) is 0 Å². The third kappa shape index (κ3) is 3.03. The largest absolute Gasteiger partial charge is 0.367 e. The van der Waals surface area contributed by atoms with Gasteiger partial charge in [-0.2, -0.15) is 4.98 Å². The van der Waals surface area contributed by atoms with Gasteiger partial charge in [-0.3, -0.25) is 4.79 Å². The van der Waals surface area contributed by atoms with Gasteiger partial charge < -0.3 is 9.26 Å². The van der Waals surface area contributed by atoms with Crippen molar-refractivity contribution in [3.8, 4) is 0 Å². The SMILES string of the molecule is CCOC(CC)(CC)c1noc(CC(=O)C2CC2)n1. The highest BCUT2D eigenvalue weighted by molar-refractivity contribution is 5.84. The molecule has 19 heavy (non-hydrogen) atoms. The Bertz CT molecular complexity index is 434. The Balaban J connectivity index is 2.11. The lowest BCUT2D eigenvalue weighted by molar-refractivity contribution is -0.119. The summed E-state index contributed by atoms with van der Waals surface area (Å²) >= 11 is 0. The first kappa shape index (κ1) is 14.2. The molecule has 1 fully saturated rings. The fraction of sp³-hybridized carbons (Fsp3) is 0.786. The monoisotopic (exact) mass is 266 g/mol. The molecule has 0 saturated heterocycles. The van der Waals surface area contributed by atoms with E-state index in [4.69, 9.17) is 9.26 Å². The number of hydrogen-bond acceptors (Lipinski definition) is 5. The molecule has 5 nitrogen and oxygen atoms in total. The highest BCUT2D eigenvalue weighted by atomic mass is 16.5. The number of ether oxygens (including phenoxy) is 1. The molecule has 0 aromatic carbocycles. The maximum Gasteiger partial charge on any atom is 0.234 e. The van der Waals surface area contributed by atoms with E-state index in [9.17, 15) is 4.79 Å². The van der Waals surface area contributed by atoms with Crippen molar-refractivity contribution in [1.82, 2.24) is 10.1 Å². The topological polar surface area (TPSA) is 65.2 Å². The summed E-state index contributed by atoms with van der Waals surface area (Å²) in [5.74, 6) is 1.42. The van der Waals surface area contributed by atoms with Crippen LogP contribution in [0, 0.1) is 5.92 Å². The van der Waals surface area contributed by atoms with Crippen LogP contribution in [0.3, 0.4) is 0 Å². The van der Waals surface area contributed by atoms with E-state index >= 15 is 0 Å². The number of Topliss-reactive ketones (excluding diaryl/α,β-unsaturated/α-hetero) is 1. The zero-order valence-corrected chi connectivity index (χ0v) is 11.9. The first-order valence-electron chi connectivity index (χ1n) is 7.15. The van der Waals surface area contributed by atoms with Crippen LogP contribution in [0.25, 0.3) is 0 Å². The molecular formula is C14H22N2O3. The Morgan fingerprint density at radius 1 is 1.37 bits per heavy atom. The molecule has 1 saturated carbocycles. The molecule has 106 valence electrons. The fourth-order valence-corrected chi connectivity index (χ4v) is 2.32. The van der Waals surface area contributed by atoms with Gasteiger partial charge in [0, 0.05) is 12.5 Å². The molecule has 0 atom stereocenters. The van der Waals surface area contributed by atoms with E-state index in [0.29, 0.717) is 18.3 Å². The number of carbonyl (C=O) groups excluding carboxylic acids is 1. The molecule has 1 aliphatic carbocycles. The fourth-order valence-electron chi connectivity index (χ4n) is 2.32. The molecule has 2 rings (SSSR count). The molecule has 1 aromatic rings. The van der Waals surface area contributed by atoms with Crippen LogP contribution in [0.2, 0.25) is 0 Å². The summed E-state index contributed by atoms with van der Waals surface area (Å²) in [5.41, 5.74) is -0.487. The molecule has 0 N–H and O–H groups in total. The van der Waals surface area contributed by atoms with Gasteiger partial charge in [0.05, 0.1) is 6.42 Å². The Kier molecular flexibility index (Phi) is 4.34. The number of ketones is 1. The molecule has 0 radical (unpaired) electrons. The summed E-state index contributed by atoms with van der Waals surface area (Å²) in [6, 6.07) is 0. The molecule has 1 heterocycles. The summed E-state index contributed by atoms with van der Waals surface area (Å²) in [6.45, 7) is 6.65. The molecule has 0 bridgehead atoms. The lowest BCUT2D eigenvalue weighted by atomic mass is 9.96. The minimum Gasteiger partial charge on any atom is -0.367 e. The lowest BCUT2D eigenvalue weighted by Crippen LogP contribution is -2.29. The van der Waals surface area contributed by atoms with E-state index in [1.807, 2.05) is 20.8 Å². The quantitative estimate of drug-likeness (QED) is 0.723. The third-order valence-corrected chi connectivity index (χ3v) is 3.80. The smallest absolute Gasteiger partial charge is 0.234 e. The second-order valence-electron chi connectivity index (χ2n) is 5.06. The van der Waals surface area contributed by atoms with Gasteiger partial charge in [-0.05, 0) is 32.6 Å². The highest BCUT2D eigenvalue weighted by Gasteiger charge is 2.35. The minimum atomic E-state index is -0.487. The summed E-state index contributed by atoms with van der Waals surface area (Å²) in [6.07, 6.45) is 3.84. The molecule has 0 unspecified atom stereocenters. The Morgan fingerprint density at radius 2 is 2.05 bits per heavy atom. The van der Waals surface area contributed by atoms with Crippen LogP contribution in [0.15, 0.2) is 4.52 Å². The first-order valence-corrected chi connectivity index (χ1v) is 7.15. The molecule has 0 amide bonds. The summed E-state index contributed by atoms with van der Waals surface area (Å²) in [7, 11) is 0. The van der Waals surface area contributed by atoms with Crippen molar-refractivity contribution in [3.05, 3.63) is 11.7 Å². The van der Waals surface area contributed by atoms with Crippen LogP contribution in [0.4, 0.5) is 0 Å². The summed E-state index contributed by atoms with van der Waals surface area (Å²) in [4.78, 5) is 16.1. The zero-order valence-electron chi connectivity index (χ0n) is 11.9. The third-order valence-electron chi connectivity index (χ3n) is 3.80. The van der Waals surface area contributed by atoms with Crippen LogP contribution in [0.1, 0.15) is 58.2 Å². The van der Waals surface area contributed by atoms with Crippen LogP contribution in [-0.4, -0.2) is 22.5 Å². The van der Waals surface area contributed by atoms with Crippen molar-refractivity contribution in [2.24, 2.45) is 5.92 Å². The number of carbonyl (C=O) groups is 1. The standard InChI is InChI=1S/C14H22N2O3/c1-4-14(5-2,18-6-3)13-15-12(19-16-13)9-11(17)10-7-8-10/h10H,4-9H2,1-3H3. The number of rotatable bonds is 8. The van der Waals surface area contributed by atoms with Crippen molar-refractivity contribution in [2.45, 2.75) is 58.5 Å². The van der Waals surface area contributed by atoms with E-state index in [-0.39, 0.29) is 18.1 Å². The van der Waals surface area contributed by atoms with Gasteiger partial charge in [0.1, 0.15) is 11.4 Å². The minimum absolute atomic E-state index is 0.213. The van der Waals surface area contributed by atoms with Crippen LogP contribution >= 0.6 is 0 Å². The first-order chi connectivity index (χ1) is 9.15. The number of hydrogen-bond donors (Lipinski definition) is 0. The lowest BCUT2D eigenvalue weighted by Gasteiger charge is -2.27. The summed E-state index contributed by atoms with van der Waals surface area (Å²) in [5, 5.41) is 4.02. The van der Waals surface area contributed by atoms with Gasteiger partial charge in [-0.1, -0.05) is 19.0 Å². The second kappa shape index (κ2) is 5.82. The Labute approximate surface area is 113 Å².